The van der Waals surface area contributed by atoms with E-state index in [4.69, 9.17) is 4.74 Å². The third-order valence-electron chi connectivity index (χ3n) is 3.18. The van der Waals surface area contributed by atoms with E-state index >= 15 is 0 Å². The summed E-state index contributed by atoms with van der Waals surface area (Å²) in [6.07, 6.45) is 1.25. The Morgan fingerprint density at radius 2 is 2.19 bits per heavy atom. The number of ether oxygens (including phenoxy) is 1. The highest BCUT2D eigenvalue weighted by molar-refractivity contribution is 5.19. The van der Waals surface area contributed by atoms with Gasteiger partial charge in [0.2, 0.25) is 0 Å². The fourth-order valence-corrected chi connectivity index (χ4v) is 2.15. The summed E-state index contributed by atoms with van der Waals surface area (Å²) in [6.45, 7) is 3.00. The minimum Gasteiger partial charge on any atom is -0.394 e. The first-order valence-electron chi connectivity index (χ1n) is 5.84. The van der Waals surface area contributed by atoms with Crippen molar-refractivity contribution in [1.29, 1.82) is 0 Å². The average Bonchev–Trinajstić information content (AvgIpc) is 2.73. The summed E-state index contributed by atoms with van der Waals surface area (Å²) in [5.41, 5.74) is 1.13. The summed E-state index contributed by atoms with van der Waals surface area (Å²) in [6, 6.07) is 10.4. The van der Waals surface area contributed by atoms with Gasteiger partial charge in [-0.25, -0.2) is 0 Å². The number of aliphatic hydroxyl groups excluding tert-OH is 1. The molecule has 3 heteroatoms. The lowest BCUT2D eigenvalue weighted by atomic mass is 10.0. The second kappa shape index (κ2) is 5.43. The molecule has 2 N–H and O–H groups in total. The Kier molecular flexibility index (Phi) is 3.93. The highest BCUT2D eigenvalue weighted by atomic mass is 16.5. The van der Waals surface area contributed by atoms with Crippen molar-refractivity contribution in [3.05, 3.63) is 35.9 Å². The molecule has 1 aliphatic rings. The van der Waals surface area contributed by atoms with E-state index in [1.54, 1.807) is 0 Å². The largest absolute Gasteiger partial charge is 0.394 e. The predicted molar refractivity (Wildman–Crippen MR) is 63.2 cm³/mol. The van der Waals surface area contributed by atoms with Crippen LogP contribution in [-0.2, 0) is 4.74 Å². The van der Waals surface area contributed by atoms with E-state index in [-0.39, 0.29) is 18.8 Å². The van der Waals surface area contributed by atoms with Crippen LogP contribution in [-0.4, -0.2) is 30.5 Å². The van der Waals surface area contributed by atoms with E-state index in [0.717, 1.165) is 18.6 Å². The van der Waals surface area contributed by atoms with Crippen molar-refractivity contribution in [3.63, 3.8) is 0 Å². The van der Waals surface area contributed by atoms with Gasteiger partial charge in [0, 0.05) is 12.6 Å². The van der Waals surface area contributed by atoms with Gasteiger partial charge in [-0.3, -0.25) is 0 Å². The van der Waals surface area contributed by atoms with Crippen molar-refractivity contribution in [1.82, 2.24) is 5.32 Å². The van der Waals surface area contributed by atoms with Gasteiger partial charge < -0.3 is 15.2 Å². The Hall–Kier alpha value is -0.900. The molecule has 0 saturated carbocycles. The van der Waals surface area contributed by atoms with Gasteiger partial charge in [-0.05, 0) is 18.9 Å². The van der Waals surface area contributed by atoms with Crippen LogP contribution in [0.2, 0.25) is 0 Å². The molecule has 3 nitrogen and oxygen atoms in total. The average molecular weight is 221 g/mol. The van der Waals surface area contributed by atoms with Crippen LogP contribution in [0.3, 0.4) is 0 Å². The Labute approximate surface area is 96.4 Å². The van der Waals surface area contributed by atoms with Crippen LogP contribution in [0.25, 0.3) is 0 Å². The number of aliphatic hydroxyl groups is 1. The molecule has 1 aliphatic heterocycles. The number of nitrogens with one attached hydrogen (secondary N) is 1. The van der Waals surface area contributed by atoms with Gasteiger partial charge in [-0.1, -0.05) is 30.3 Å². The molecule has 3 atom stereocenters. The van der Waals surface area contributed by atoms with E-state index in [2.05, 4.69) is 12.2 Å². The van der Waals surface area contributed by atoms with Crippen molar-refractivity contribution < 1.29 is 9.84 Å². The Morgan fingerprint density at radius 1 is 1.44 bits per heavy atom. The van der Waals surface area contributed by atoms with Crippen LogP contribution in [0.1, 0.15) is 24.9 Å². The predicted octanol–water partition coefficient (Wildman–Crippen LogP) is 1.49. The molecular formula is C13H19NO2. The van der Waals surface area contributed by atoms with Crippen molar-refractivity contribution in [2.24, 2.45) is 0 Å². The second-order valence-corrected chi connectivity index (χ2v) is 4.28. The summed E-state index contributed by atoms with van der Waals surface area (Å²) in [4.78, 5) is 0. The van der Waals surface area contributed by atoms with E-state index < -0.39 is 0 Å². The molecule has 0 bridgehead atoms. The second-order valence-electron chi connectivity index (χ2n) is 4.28. The lowest BCUT2D eigenvalue weighted by Crippen LogP contribution is -2.38. The highest BCUT2D eigenvalue weighted by Crippen LogP contribution is 2.18. The standard InChI is InChI=1S/C13H19NO2/c1-10-12(7-8-16-10)14-13(9-15)11-5-3-2-4-6-11/h2-6,10,12-15H,7-9H2,1H3/t10?,12?,13-/m1/s1. The van der Waals surface area contributed by atoms with Crippen LogP contribution < -0.4 is 5.32 Å². The molecular weight excluding hydrogens is 202 g/mol. The number of hydrogen-bond acceptors (Lipinski definition) is 3. The molecule has 0 aromatic heterocycles. The summed E-state index contributed by atoms with van der Waals surface area (Å²) >= 11 is 0. The zero-order valence-electron chi connectivity index (χ0n) is 9.60. The molecule has 0 amide bonds. The first kappa shape index (κ1) is 11.6. The van der Waals surface area contributed by atoms with Gasteiger partial charge in [-0.2, -0.15) is 0 Å². The Morgan fingerprint density at radius 3 is 2.75 bits per heavy atom. The molecule has 0 spiro atoms. The maximum atomic E-state index is 9.42. The van der Waals surface area contributed by atoms with E-state index in [0.29, 0.717) is 6.04 Å². The fraction of sp³-hybridized carbons (Fsp3) is 0.538. The topological polar surface area (TPSA) is 41.5 Å². The zero-order valence-corrected chi connectivity index (χ0v) is 9.60. The fourth-order valence-electron chi connectivity index (χ4n) is 2.15. The molecule has 1 fully saturated rings. The molecule has 2 unspecified atom stereocenters. The van der Waals surface area contributed by atoms with Gasteiger partial charge in [0.05, 0.1) is 18.8 Å². The van der Waals surface area contributed by atoms with Gasteiger partial charge in [0.25, 0.3) is 0 Å². The molecule has 1 heterocycles. The number of hydrogen-bond donors (Lipinski definition) is 2. The quantitative estimate of drug-likeness (QED) is 0.809. The third-order valence-corrected chi connectivity index (χ3v) is 3.18. The third kappa shape index (κ3) is 2.61. The molecule has 0 radical (unpaired) electrons. The maximum absolute atomic E-state index is 9.42. The Bertz CT molecular complexity index is 315. The molecule has 1 saturated heterocycles. The number of rotatable bonds is 4. The minimum atomic E-state index is 0.00958. The normalized spacial score (nSPS) is 26.9. The molecule has 1 aromatic rings. The van der Waals surface area contributed by atoms with Crippen LogP contribution in [0.15, 0.2) is 30.3 Å². The smallest absolute Gasteiger partial charge is 0.0700 e. The van der Waals surface area contributed by atoms with Gasteiger partial charge >= 0.3 is 0 Å². The van der Waals surface area contributed by atoms with E-state index in [9.17, 15) is 5.11 Å². The molecule has 88 valence electrons. The van der Waals surface area contributed by atoms with E-state index in [1.165, 1.54) is 0 Å². The van der Waals surface area contributed by atoms with Crippen molar-refractivity contribution in [3.8, 4) is 0 Å². The lowest BCUT2D eigenvalue weighted by molar-refractivity contribution is 0.107. The van der Waals surface area contributed by atoms with Gasteiger partial charge in [0.1, 0.15) is 0 Å². The molecule has 2 rings (SSSR count). The first-order chi connectivity index (χ1) is 7.81. The monoisotopic (exact) mass is 221 g/mol. The first-order valence-corrected chi connectivity index (χ1v) is 5.84. The van der Waals surface area contributed by atoms with Gasteiger partial charge in [-0.15, -0.1) is 0 Å². The molecule has 1 aromatic carbocycles. The Balaban J connectivity index is 2.00. The SMILES string of the molecule is CC1OCCC1N[C@H](CO)c1ccccc1. The summed E-state index contributed by atoms with van der Waals surface area (Å²) in [5.74, 6) is 0. The highest BCUT2D eigenvalue weighted by Gasteiger charge is 2.26. The summed E-state index contributed by atoms with van der Waals surface area (Å²) in [7, 11) is 0. The zero-order chi connectivity index (χ0) is 11.4. The van der Waals surface area contributed by atoms with Crippen molar-refractivity contribution >= 4 is 0 Å². The van der Waals surface area contributed by atoms with Crippen LogP contribution in [0.5, 0.6) is 0 Å². The van der Waals surface area contributed by atoms with Crippen LogP contribution in [0, 0.1) is 0 Å². The van der Waals surface area contributed by atoms with Crippen LogP contribution in [0.4, 0.5) is 0 Å². The number of benzene rings is 1. The van der Waals surface area contributed by atoms with Crippen molar-refractivity contribution in [2.75, 3.05) is 13.2 Å². The van der Waals surface area contributed by atoms with E-state index in [1.807, 2.05) is 30.3 Å². The maximum Gasteiger partial charge on any atom is 0.0700 e. The summed E-state index contributed by atoms with van der Waals surface area (Å²) < 4.78 is 5.50. The van der Waals surface area contributed by atoms with Crippen LogP contribution >= 0.6 is 0 Å². The summed E-state index contributed by atoms with van der Waals surface area (Å²) in [5, 5.41) is 12.9. The minimum absolute atomic E-state index is 0.00958. The van der Waals surface area contributed by atoms with Crippen molar-refractivity contribution in [2.45, 2.75) is 31.5 Å². The molecule has 16 heavy (non-hydrogen) atoms. The molecule has 0 aliphatic carbocycles. The lowest BCUT2D eigenvalue weighted by Gasteiger charge is -2.23. The van der Waals surface area contributed by atoms with Gasteiger partial charge in [0.15, 0.2) is 0 Å².